The van der Waals surface area contributed by atoms with Gasteiger partial charge in [0.2, 0.25) is 0 Å². The number of hydrogen-bond acceptors (Lipinski definition) is 6. The molecule has 0 aliphatic carbocycles. The molecular formula is C20H34IN7OS. The summed E-state index contributed by atoms with van der Waals surface area (Å²) in [7, 11) is 0. The smallest absolute Gasteiger partial charge is 0.191 e. The Morgan fingerprint density at radius 2 is 2.10 bits per heavy atom. The van der Waals surface area contributed by atoms with Crippen molar-refractivity contribution in [1.29, 1.82) is 0 Å². The van der Waals surface area contributed by atoms with E-state index in [9.17, 15) is 0 Å². The molecule has 1 atom stereocenters. The van der Waals surface area contributed by atoms with E-state index in [1.807, 2.05) is 0 Å². The number of nitrogens with one attached hydrogen (secondary N) is 2. The van der Waals surface area contributed by atoms with Crippen LogP contribution in [0.15, 0.2) is 28.8 Å². The molecule has 1 fully saturated rings. The van der Waals surface area contributed by atoms with Crippen molar-refractivity contribution >= 4 is 41.3 Å². The number of thiophene rings is 1. The van der Waals surface area contributed by atoms with Crippen LogP contribution < -0.4 is 10.6 Å². The molecule has 2 aromatic rings. The van der Waals surface area contributed by atoms with Crippen LogP contribution in [0.3, 0.4) is 0 Å². The molecule has 2 aromatic heterocycles. The maximum Gasteiger partial charge on any atom is 0.191 e. The molecule has 3 rings (SSSR count). The first-order valence-corrected chi connectivity index (χ1v) is 11.4. The first-order valence-electron chi connectivity index (χ1n) is 10.5. The van der Waals surface area contributed by atoms with E-state index in [1.54, 1.807) is 17.7 Å². The first kappa shape index (κ1) is 25.0. The fourth-order valence-corrected chi connectivity index (χ4v) is 4.03. The van der Waals surface area contributed by atoms with Crippen LogP contribution >= 0.6 is 35.3 Å². The SMILES string of the molecule is CCc1nncn1CCNC(=NCC(C)N1CCOCC1)NCCc1cccs1.I. The number of aromatic nitrogens is 3. The molecule has 8 nitrogen and oxygen atoms in total. The monoisotopic (exact) mass is 547 g/mol. The molecule has 2 N–H and O–H groups in total. The highest BCUT2D eigenvalue weighted by Gasteiger charge is 2.16. The highest BCUT2D eigenvalue weighted by Crippen LogP contribution is 2.08. The summed E-state index contributed by atoms with van der Waals surface area (Å²) in [6.45, 7) is 11.2. The van der Waals surface area contributed by atoms with E-state index >= 15 is 0 Å². The van der Waals surface area contributed by atoms with Crippen LogP contribution in [0.4, 0.5) is 0 Å². The summed E-state index contributed by atoms with van der Waals surface area (Å²) in [5.74, 6) is 1.88. The summed E-state index contributed by atoms with van der Waals surface area (Å²) in [4.78, 5) is 8.68. The summed E-state index contributed by atoms with van der Waals surface area (Å²) in [5, 5.41) is 17.2. The number of aliphatic imine (C=N–C) groups is 1. The Bertz CT molecular complexity index is 731. The lowest BCUT2D eigenvalue weighted by Gasteiger charge is -2.31. The van der Waals surface area contributed by atoms with Crippen molar-refractivity contribution in [2.75, 3.05) is 45.9 Å². The lowest BCUT2D eigenvalue weighted by Crippen LogP contribution is -2.45. The molecule has 0 aromatic carbocycles. The van der Waals surface area contributed by atoms with Gasteiger partial charge in [0.05, 0.1) is 19.8 Å². The second-order valence-corrected chi connectivity index (χ2v) is 8.20. The maximum absolute atomic E-state index is 5.46. The van der Waals surface area contributed by atoms with Crippen LogP contribution in [0.5, 0.6) is 0 Å². The van der Waals surface area contributed by atoms with Gasteiger partial charge < -0.3 is 19.9 Å². The minimum Gasteiger partial charge on any atom is -0.379 e. The lowest BCUT2D eigenvalue weighted by atomic mass is 10.2. The van der Waals surface area contributed by atoms with E-state index in [-0.39, 0.29) is 24.0 Å². The van der Waals surface area contributed by atoms with Crippen molar-refractivity contribution in [3.05, 3.63) is 34.5 Å². The predicted molar refractivity (Wildman–Crippen MR) is 133 cm³/mol. The molecule has 0 spiro atoms. The molecule has 1 aliphatic rings. The number of guanidine groups is 1. The molecule has 168 valence electrons. The van der Waals surface area contributed by atoms with Crippen LogP contribution in [0.2, 0.25) is 0 Å². The third-order valence-electron chi connectivity index (χ3n) is 5.08. The Balaban J connectivity index is 0.00000320. The van der Waals surface area contributed by atoms with Crippen LogP contribution in [-0.2, 0) is 24.1 Å². The molecule has 1 unspecified atom stereocenters. The van der Waals surface area contributed by atoms with Crippen LogP contribution in [0.25, 0.3) is 0 Å². The van der Waals surface area contributed by atoms with Crippen molar-refractivity contribution in [2.24, 2.45) is 4.99 Å². The van der Waals surface area contributed by atoms with Crippen LogP contribution in [-0.4, -0.2) is 77.6 Å². The van der Waals surface area contributed by atoms with E-state index in [1.165, 1.54) is 4.88 Å². The number of nitrogens with zero attached hydrogens (tertiary/aromatic N) is 5. The van der Waals surface area contributed by atoms with Gasteiger partial charge in [-0.15, -0.1) is 45.5 Å². The van der Waals surface area contributed by atoms with Crippen molar-refractivity contribution in [3.8, 4) is 0 Å². The molecule has 0 amide bonds. The second kappa shape index (κ2) is 13.9. The fraction of sp³-hybridized carbons (Fsp3) is 0.650. The maximum atomic E-state index is 5.46. The first-order chi connectivity index (χ1) is 14.3. The largest absolute Gasteiger partial charge is 0.379 e. The number of halogens is 1. The van der Waals surface area contributed by atoms with Gasteiger partial charge in [-0.2, -0.15) is 0 Å². The molecule has 3 heterocycles. The molecule has 30 heavy (non-hydrogen) atoms. The van der Waals surface area contributed by atoms with Gasteiger partial charge in [-0.25, -0.2) is 0 Å². The fourth-order valence-electron chi connectivity index (χ4n) is 3.32. The van der Waals surface area contributed by atoms with Gasteiger partial charge in [-0.3, -0.25) is 9.89 Å². The average molecular weight is 548 g/mol. The molecule has 1 aliphatic heterocycles. The topological polar surface area (TPSA) is 79.6 Å². The molecule has 0 saturated carbocycles. The van der Waals surface area contributed by atoms with Gasteiger partial charge in [0.15, 0.2) is 5.96 Å². The summed E-state index contributed by atoms with van der Waals surface area (Å²) < 4.78 is 7.55. The highest BCUT2D eigenvalue weighted by molar-refractivity contribution is 14.0. The summed E-state index contributed by atoms with van der Waals surface area (Å²) in [6.07, 6.45) is 3.68. The Morgan fingerprint density at radius 1 is 1.30 bits per heavy atom. The van der Waals surface area contributed by atoms with E-state index in [0.29, 0.717) is 6.04 Å². The quantitative estimate of drug-likeness (QED) is 0.269. The van der Waals surface area contributed by atoms with E-state index in [0.717, 1.165) is 77.1 Å². The normalized spacial score (nSPS) is 16.1. The number of morpholine rings is 1. The Kier molecular flexibility index (Phi) is 11.6. The summed E-state index contributed by atoms with van der Waals surface area (Å²) in [5.41, 5.74) is 0. The second-order valence-electron chi connectivity index (χ2n) is 7.16. The van der Waals surface area contributed by atoms with Gasteiger partial charge >= 0.3 is 0 Å². The Hall–Kier alpha value is -1.24. The lowest BCUT2D eigenvalue weighted by molar-refractivity contribution is 0.0220. The van der Waals surface area contributed by atoms with Gasteiger partial charge in [0.1, 0.15) is 12.2 Å². The summed E-state index contributed by atoms with van der Waals surface area (Å²) >= 11 is 1.80. The molecule has 1 saturated heterocycles. The molecular weight excluding hydrogens is 513 g/mol. The Labute approximate surface area is 200 Å². The minimum absolute atomic E-state index is 0. The van der Waals surface area contributed by atoms with E-state index in [2.05, 4.69) is 61.7 Å². The number of ether oxygens (including phenoxy) is 1. The average Bonchev–Trinajstić information content (AvgIpc) is 3.43. The molecule has 0 bridgehead atoms. The molecule has 10 heteroatoms. The number of aryl methyl sites for hydroxylation is 1. The van der Waals surface area contributed by atoms with Gasteiger partial charge in [0.25, 0.3) is 0 Å². The highest BCUT2D eigenvalue weighted by atomic mass is 127. The molecule has 0 radical (unpaired) electrons. The van der Waals surface area contributed by atoms with Crippen molar-refractivity contribution in [1.82, 2.24) is 30.3 Å². The van der Waals surface area contributed by atoms with Crippen molar-refractivity contribution < 1.29 is 4.74 Å². The number of hydrogen-bond donors (Lipinski definition) is 2. The zero-order chi connectivity index (χ0) is 20.3. The third kappa shape index (κ3) is 8.12. The number of rotatable bonds is 10. The Morgan fingerprint density at radius 3 is 2.83 bits per heavy atom. The minimum atomic E-state index is 0. The van der Waals surface area contributed by atoms with E-state index in [4.69, 9.17) is 9.73 Å². The third-order valence-corrected chi connectivity index (χ3v) is 6.02. The summed E-state index contributed by atoms with van der Waals surface area (Å²) in [6, 6.07) is 4.68. The van der Waals surface area contributed by atoms with E-state index < -0.39 is 0 Å². The zero-order valence-corrected chi connectivity index (χ0v) is 21.1. The standard InChI is InChI=1S/C20H33N7OS.HI/c1-3-19-25-24-16-27(19)9-8-22-20(21-7-6-18-5-4-14-29-18)23-15-17(2)26-10-12-28-13-11-26;/h4-5,14,16-17H,3,6-13,15H2,1-2H3,(H2,21,22,23);1H. The predicted octanol–water partition coefficient (Wildman–Crippen LogP) is 2.02. The van der Waals surface area contributed by atoms with Crippen molar-refractivity contribution in [3.63, 3.8) is 0 Å². The van der Waals surface area contributed by atoms with Crippen molar-refractivity contribution in [2.45, 2.75) is 39.3 Å². The van der Waals surface area contributed by atoms with Crippen LogP contribution in [0.1, 0.15) is 24.5 Å². The van der Waals surface area contributed by atoms with Gasteiger partial charge in [-0.1, -0.05) is 13.0 Å². The zero-order valence-electron chi connectivity index (χ0n) is 17.9. The van der Waals surface area contributed by atoms with Crippen LogP contribution in [0, 0.1) is 0 Å². The van der Waals surface area contributed by atoms with Gasteiger partial charge in [0, 0.05) is 50.1 Å². The van der Waals surface area contributed by atoms with Gasteiger partial charge in [-0.05, 0) is 24.8 Å².